The molecule has 1 fully saturated rings. The van der Waals surface area contributed by atoms with Crippen LogP contribution in [0.3, 0.4) is 0 Å². The Hall–Kier alpha value is -2.85. The second kappa shape index (κ2) is 8.49. The third-order valence-electron chi connectivity index (χ3n) is 5.61. The SMILES string of the molecule is CC(C)(C)c1ccc(-c2cc(NCC3CCCO3)nc(-c3ccc(O)cc3)c2)cc1. The molecule has 4 heteroatoms. The molecule has 0 radical (unpaired) electrons. The zero-order valence-electron chi connectivity index (χ0n) is 18.0. The molecule has 0 spiro atoms. The van der Waals surface area contributed by atoms with Gasteiger partial charge in [-0.25, -0.2) is 4.98 Å². The summed E-state index contributed by atoms with van der Waals surface area (Å²) in [5.74, 6) is 1.09. The number of benzene rings is 2. The van der Waals surface area contributed by atoms with Crippen molar-refractivity contribution in [1.29, 1.82) is 0 Å². The first-order valence-corrected chi connectivity index (χ1v) is 10.7. The van der Waals surface area contributed by atoms with E-state index in [0.29, 0.717) is 0 Å². The number of nitrogens with one attached hydrogen (secondary N) is 1. The molecule has 1 aliphatic heterocycles. The van der Waals surface area contributed by atoms with Gasteiger partial charge in [-0.2, -0.15) is 0 Å². The van der Waals surface area contributed by atoms with Crippen LogP contribution < -0.4 is 5.32 Å². The van der Waals surface area contributed by atoms with E-state index in [0.717, 1.165) is 54.2 Å². The highest BCUT2D eigenvalue weighted by Gasteiger charge is 2.16. The molecule has 30 heavy (non-hydrogen) atoms. The number of hydrogen-bond acceptors (Lipinski definition) is 4. The number of phenolic OH excluding ortho intramolecular Hbond substituents is 1. The number of hydrogen-bond donors (Lipinski definition) is 2. The van der Waals surface area contributed by atoms with E-state index < -0.39 is 0 Å². The van der Waals surface area contributed by atoms with Crippen molar-refractivity contribution in [2.24, 2.45) is 0 Å². The van der Waals surface area contributed by atoms with Gasteiger partial charge in [0.2, 0.25) is 0 Å². The van der Waals surface area contributed by atoms with Crippen molar-refractivity contribution in [2.75, 3.05) is 18.5 Å². The third-order valence-corrected chi connectivity index (χ3v) is 5.61. The molecule has 1 aliphatic rings. The van der Waals surface area contributed by atoms with Gasteiger partial charge < -0.3 is 15.2 Å². The molecule has 0 aliphatic carbocycles. The van der Waals surface area contributed by atoms with Gasteiger partial charge in [0.05, 0.1) is 11.8 Å². The first-order chi connectivity index (χ1) is 14.4. The van der Waals surface area contributed by atoms with Crippen LogP contribution in [-0.2, 0) is 10.2 Å². The lowest BCUT2D eigenvalue weighted by atomic mass is 9.86. The molecule has 1 atom stereocenters. The lowest BCUT2D eigenvalue weighted by molar-refractivity contribution is 0.120. The van der Waals surface area contributed by atoms with E-state index in [-0.39, 0.29) is 17.3 Å². The molecular weight excluding hydrogens is 372 g/mol. The third kappa shape index (κ3) is 4.82. The van der Waals surface area contributed by atoms with Crippen LogP contribution in [-0.4, -0.2) is 29.3 Å². The molecule has 156 valence electrons. The lowest BCUT2D eigenvalue weighted by Crippen LogP contribution is -2.19. The summed E-state index contributed by atoms with van der Waals surface area (Å²) in [6.07, 6.45) is 2.46. The molecule has 0 bridgehead atoms. The molecule has 0 amide bonds. The summed E-state index contributed by atoms with van der Waals surface area (Å²) in [6.45, 7) is 8.28. The smallest absolute Gasteiger partial charge is 0.127 e. The van der Waals surface area contributed by atoms with E-state index in [1.54, 1.807) is 12.1 Å². The first kappa shape index (κ1) is 20.4. The normalized spacial score (nSPS) is 16.6. The highest BCUT2D eigenvalue weighted by Crippen LogP contribution is 2.31. The number of rotatable bonds is 5. The van der Waals surface area contributed by atoms with Gasteiger partial charge in [0.1, 0.15) is 11.6 Å². The quantitative estimate of drug-likeness (QED) is 0.549. The Kier molecular flexibility index (Phi) is 5.78. The summed E-state index contributed by atoms with van der Waals surface area (Å²) in [5, 5.41) is 13.1. The van der Waals surface area contributed by atoms with E-state index in [1.807, 2.05) is 12.1 Å². The Morgan fingerprint density at radius 3 is 2.30 bits per heavy atom. The molecule has 2 heterocycles. The molecule has 1 aromatic heterocycles. The molecular formula is C26H30N2O2. The summed E-state index contributed by atoms with van der Waals surface area (Å²) in [4.78, 5) is 4.83. The second-order valence-corrected chi connectivity index (χ2v) is 9.02. The van der Waals surface area contributed by atoms with Crippen LogP contribution in [0.4, 0.5) is 5.82 Å². The number of nitrogens with zero attached hydrogens (tertiary/aromatic N) is 1. The largest absolute Gasteiger partial charge is 0.508 e. The fraction of sp³-hybridized carbons (Fsp3) is 0.346. The Bertz CT molecular complexity index is 983. The van der Waals surface area contributed by atoms with Gasteiger partial charge in [-0.1, -0.05) is 45.0 Å². The number of pyridine rings is 1. The van der Waals surface area contributed by atoms with E-state index in [9.17, 15) is 5.11 Å². The van der Waals surface area contributed by atoms with Gasteiger partial charge in [0, 0.05) is 18.7 Å². The minimum Gasteiger partial charge on any atom is -0.508 e. The van der Waals surface area contributed by atoms with E-state index in [1.165, 1.54) is 5.56 Å². The molecule has 1 saturated heterocycles. The van der Waals surface area contributed by atoms with Crippen molar-refractivity contribution >= 4 is 5.82 Å². The number of ether oxygens (including phenoxy) is 1. The summed E-state index contributed by atoms with van der Waals surface area (Å²) < 4.78 is 5.74. The van der Waals surface area contributed by atoms with Crippen LogP contribution in [0.2, 0.25) is 0 Å². The van der Waals surface area contributed by atoms with Gasteiger partial charge in [-0.15, -0.1) is 0 Å². The van der Waals surface area contributed by atoms with Crippen LogP contribution in [0, 0.1) is 0 Å². The molecule has 3 aromatic rings. The molecule has 2 aromatic carbocycles. The van der Waals surface area contributed by atoms with Crippen molar-refractivity contribution in [3.05, 3.63) is 66.2 Å². The van der Waals surface area contributed by atoms with Crippen molar-refractivity contribution in [2.45, 2.75) is 45.1 Å². The first-order valence-electron chi connectivity index (χ1n) is 10.7. The zero-order chi connectivity index (χ0) is 21.1. The van der Waals surface area contributed by atoms with Crippen molar-refractivity contribution in [1.82, 2.24) is 4.98 Å². The number of aromatic hydroxyl groups is 1. The maximum atomic E-state index is 9.64. The van der Waals surface area contributed by atoms with Crippen molar-refractivity contribution < 1.29 is 9.84 Å². The maximum absolute atomic E-state index is 9.64. The van der Waals surface area contributed by atoms with Crippen LogP contribution in [0.15, 0.2) is 60.7 Å². The van der Waals surface area contributed by atoms with Crippen molar-refractivity contribution in [3.63, 3.8) is 0 Å². The summed E-state index contributed by atoms with van der Waals surface area (Å²) >= 11 is 0. The summed E-state index contributed by atoms with van der Waals surface area (Å²) in [6, 6.07) is 20.2. The Morgan fingerprint density at radius 2 is 1.67 bits per heavy atom. The van der Waals surface area contributed by atoms with E-state index >= 15 is 0 Å². The minimum atomic E-state index is 0.127. The van der Waals surface area contributed by atoms with Gasteiger partial charge >= 0.3 is 0 Å². The standard InChI is InChI=1S/C26H30N2O2/c1-26(2,3)21-10-6-18(7-11-21)20-15-24(19-8-12-22(29)13-9-19)28-25(16-20)27-17-23-5-4-14-30-23/h6-13,15-16,23,29H,4-5,14,17H2,1-3H3,(H,27,28). The lowest BCUT2D eigenvalue weighted by Gasteiger charge is -2.19. The fourth-order valence-electron chi connectivity index (χ4n) is 3.75. The second-order valence-electron chi connectivity index (χ2n) is 9.02. The molecule has 2 N–H and O–H groups in total. The molecule has 4 nitrogen and oxygen atoms in total. The van der Waals surface area contributed by atoms with E-state index in [4.69, 9.17) is 9.72 Å². The average molecular weight is 403 g/mol. The van der Waals surface area contributed by atoms with Gasteiger partial charge in [0.25, 0.3) is 0 Å². The van der Waals surface area contributed by atoms with Crippen LogP contribution in [0.5, 0.6) is 5.75 Å². The number of anilines is 1. The molecule has 0 saturated carbocycles. The van der Waals surface area contributed by atoms with Gasteiger partial charge in [0.15, 0.2) is 0 Å². The van der Waals surface area contributed by atoms with Gasteiger partial charge in [-0.3, -0.25) is 0 Å². The highest BCUT2D eigenvalue weighted by molar-refractivity contribution is 5.74. The van der Waals surface area contributed by atoms with Crippen molar-refractivity contribution in [3.8, 4) is 28.1 Å². The van der Waals surface area contributed by atoms with E-state index in [2.05, 4.69) is 62.5 Å². The average Bonchev–Trinajstić information content (AvgIpc) is 3.26. The zero-order valence-corrected chi connectivity index (χ0v) is 18.0. The van der Waals surface area contributed by atoms with Crippen LogP contribution in [0.1, 0.15) is 39.2 Å². The van der Waals surface area contributed by atoms with Crippen LogP contribution >= 0.6 is 0 Å². The van der Waals surface area contributed by atoms with Gasteiger partial charge in [-0.05, 0) is 71.3 Å². The number of phenols is 1. The number of aromatic nitrogens is 1. The summed E-state index contributed by atoms with van der Waals surface area (Å²) in [7, 11) is 0. The minimum absolute atomic E-state index is 0.127. The Balaban J connectivity index is 1.68. The Labute approximate surface area is 179 Å². The topological polar surface area (TPSA) is 54.4 Å². The monoisotopic (exact) mass is 402 g/mol. The molecule has 4 rings (SSSR count). The predicted octanol–water partition coefficient (Wildman–Crippen LogP) is 6.01. The highest BCUT2D eigenvalue weighted by atomic mass is 16.5. The Morgan fingerprint density at radius 1 is 0.967 bits per heavy atom. The predicted molar refractivity (Wildman–Crippen MR) is 123 cm³/mol. The van der Waals surface area contributed by atoms with Crippen LogP contribution in [0.25, 0.3) is 22.4 Å². The summed E-state index contributed by atoms with van der Waals surface area (Å²) in [5.41, 5.74) is 5.57. The fourth-order valence-corrected chi connectivity index (χ4v) is 3.75. The molecule has 1 unspecified atom stereocenters. The maximum Gasteiger partial charge on any atom is 0.127 e.